The van der Waals surface area contributed by atoms with Crippen molar-refractivity contribution in [1.82, 2.24) is 4.40 Å². The maximum atomic E-state index is 2.50. The second-order valence-electron chi connectivity index (χ2n) is 10.6. The van der Waals surface area contributed by atoms with Gasteiger partial charge in [-0.3, -0.25) is 0 Å². The van der Waals surface area contributed by atoms with Crippen LogP contribution in [0.25, 0.3) is 60.5 Å². The topological polar surface area (TPSA) is 8.29 Å². The van der Waals surface area contributed by atoms with Crippen molar-refractivity contribution in [3.63, 3.8) is 0 Å². The molecule has 9 rings (SSSR count). The summed E-state index contributed by atoms with van der Waals surface area (Å²) in [5.74, 6) is 0. The number of nitrogens with zero attached hydrogens (tertiary/aromatic N) is 2. The molecular formula is C34H23N2+. The Morgan fingerprint density at radius 2 is 1.47 bits per heavy atom. The number of aromatic nitrogens is 2. The minimum Gasteiger partial charge on any atom is -0.308 e. The first-order valence-corrected chi connectivity index (χ1v) is 12.7. The highest BCUT2D eigenvalue weighted by Gasteiger charge is 2.51. The first-order valence-electron chi connectivity index (χ1n) is 12.7. The molecule has 0 saturated carbocycles. The van der Waals surface area contributed by atoms with Gasteiger partial charge in [0.2, 0.25) is 5.69 Å². The number of pyridine rings is 1. The van der Waals surface area contributed by atoms with Gasteiger partial charge >= 0.3 is 0 Å². The lowest BCUT2D eigenvalue weighted by atomic mass is 9.64. The van der Waals surface area contributed by atoms with Crippen molar-refractivity contribution in [2.75, 3.05) is 0 Å². The molecule has 2 nitrogen and oxygen atoms in total. The second kappa shape index (κ2) is 6.22. The number of rotatable bonds is 1. The van der Waals surface area contributed by atoms with E-state index in [-0.39, 0.29) is 5.41 Å². The fourth-order valence-corrected chi connectivity index (χ4v) is 7.01. The Morgan fingerprint density at radius 1 is 0.694 bits per heavy atom. The Bertz CT molecular complexity index is 2060. The predicted molar refractivity (Wildman–Crippen MR) is 148 cm³/mol. The molecule has 36 heavy (non-hydrogen) atoms. The second-order valence-corrected chi connectivity index (χ2v) is 10.6. The van der Waals surface area contributed by atoms with E-state index in [0.717, 1.165) is 0 Å². The minimum atomic E-state index is -0.0197. The first kappa shape index (κ1) is 18.8. The van der Waals surface area contributed by atoms with Crippen molar-refractivity contribution in [2.24, 2.45) is 0 Å². The van der Waals surface area contributed by atoms with Gasteiger partial charge in [-0.1, -0.05) is 72.8 Å². The highest BCUT2D eigenvalue weighted by atomic mass is 15.0. The summed E-state index contributed by atoms with van der Waals surface area (Å²) in [6, 6.07) is 36.2. The largest absolute Gasteiger partial charge is 0.308 e. The van der Waals surface area contributed by atoms with Crippen molar-refractivity contribution in [3.8, 4) is 22.4 Å². The molecule has 2 atom stereocenters. The number of benzene rings is 4. The lowest BCUT2D eigenvalue weighted by Gasteiger charge is -2.41. The molecule has 4 aromatic carbocycles. The minimum absolute atomic E-state index is 0.0197. The quantitative estimate of drug-likeness (QED) is 0.175. The van der Waals surface area contributed by atoms with Crippen LogP contribution in [0.2, 0.25) is 0 Å². The van der Waals surface area contributed by atoms with Crippen molar-refractivity contribution in [3.05, 3.63) is 121 Å². The maximum absolute atomic E-state index is 2.50. The molecule has 2 heteroatoms. The molecule has 2 aliphatic rings. The van der Waals surface area contributed by atoms with E-state index in [2.05, 4.69) is 131 Å². The fourth-order valence-electron chi connectivity index (χ4n) is 7.01. The van der Waals surface area contributed by atoms with E-state index in [4.69, 9.17) is 0 Å². The summed E-state index contributed by atoms with van der Waals surface area (Å²) >= 11 is 0. The number of hydrogen-bond acceptors (Lipinski definition) is 0. The number of fused-ring (bicyclic) bond motifs is 12. The Balaban J connectivity index is 1.40. The molecule has 0 saturated heterocycles. The lowest BCUT2D eigenvalue weighted by molar-refractivity contribution is -0.714. The first-order chi connectivity index (χ1) is 17.7. The van der Waals surface area contributed by atoms with Gasteiger partial charge in [0.15, 0.2) is 12.2 Å². The van der Waals surface area contributed by atoms with E-state index in [1.54, 1.807) is 0 Å². The summed E-state index contributed by atoms with van der Waals surface area (Å²) in [6.07, 6.45) is 7.12. The fraction of sp³-hybridized carbons (Fsp3) is 0.0882. The Morgan fingerprint density at radius 3 is 2.31 bits per heavy atom. The van der Waals surface area contributed by atoms with Crippen LogP contribution < -0.4 is 4.57 Å². The summed E-state index contributed by atoms with van der Waals surface area (Å²) in [5.41, 5.74) is 10.5. The smallest absolute Gasteiger partial charge is 0.213 e. The van der Waals surface area contributed by atoms with Crippen molar-refractivity contribution < 1.29 is 4.57 Å². The van der Waals surface area contributed by atoms with Gasteiger partial charge in [0.1, 0.15) is 0 Å². The molecule has 1 aliphatic carbocycles. The average Bonchev–Trinajstić information content (AvgIpc) is 3.43. The van der Waals surface area contributed by atoms with Gasteiger partial charge in [-0.15, -0.1) is 0 Å². The SMILES string of the molecule is CC12C=CC1[n+]1cc(-c3ccccc3)ccc1-c1cc3c4cccc5c6ccccc6n(c3cc12)c54. The highest BCUT2D eigenvalue weighted by Crippen LogP contribution is 2.52. The molecule has 0 amide bonds. The van der Waals surface area contributed by atoms with Crippen molar-refractivity contribution in [2.45, 2.75) is 18.4 Å². The zero-order chi connectivity index (χ0) is 23.6. The molecule has 0 fully saturated rings. The molecule has 4 heterocycles. The Hall–Kier alpha value is -4.43. The molecule has 168 valence electrons. The predicted octanol–water partition coefficient (Wildman–Crippen LogP) is 7.84. The van der Waals surface area contributed by atoms with Crippen LogP contribution in [0.15, 0.2) is 115 Å². The van der Waals surface area contributed by atoms with Crippen LogP contribution in [0, 0.1) is 0 Å². The van der Waals surface area contributed by atoms with E-state index in [1.165, 1.54) is 66.0 Å². The molecule has 3 aromatic heterocycles. The van der Waals surface area contributed by atoms with Gasteiger partial charge < -0.3 is 4.40 Å². The highest BCUT2D eigenvalue weighted by molar-refractivity contribution is 6.23. The molecule has 0 spiro atoms. The Labute approximate surface area is 208 Å². The summed E-state index contributed by atoms with van der Waals surface area (Å²) in [6.45, 7) is 2.40. The van der Waals surface area contributed by atoms with E-state index in [9.17, 15) is 0 Å². The van der Waals surface area contributed by atoms with Gasteiger partial charge in [0.05, 0.1) is 27.5 Å². The van der Waals surface area contributed by atoms with Crippen molar-refractivity contribution >= 4 is 38.1 Å². The van der Waals surface area contributed by atoms with E-state index < -0.39 is 0 Å². The lowest BCUT2D eigenvalue weighted by Crippen LogP contribution is -2.56. The summed E-state index contributed by atoms with van der Waals surface area (Å²) in [4.78, 5) is 0. The standard InChI is InChI=1S/C34H23N2/c1-34-17-16-32(34)35-20-22(21-8-3-2-4-9-21)14-15-29(35)27-18-26-25-12-7-11-24-23-10-5-6-13-30(23)36(33(24)25)31(26)19-28(27)34/h2-20,32H,1H3/q+1. The Kier molecular flexibility index (Phi) is 3.25. The normalized spacial score (nSPS) is 20.1. The third-order valence-electron chi connectivity index (χ3n) is 8.84. The molecular weight excluding hydrogens is 436 g/mol. The third-order valence-corrected chi connectivity index (χ3v) is 8.84. The van der Waals surface area contributed by atoms with Crippen LogP contribution >= 0.6 is 0 Å². The monoisotopic (exact) mass is 459 g/mol. The number of para-hydroxylation sites is 2. The number of hydrogen-bond donors (Lipinski definition) is 0. The van der Waals surface area contributed by atoms with Gasteiger partial charge in [-0.2, -0.15) is 4.57 Å². The van der Waals surface area contributed by atoms with Crippen LogP contribution in [0.3, 0.4) is 0 Å². The van der Waals surface area contributed by atoms with Crippen LogP contribution in [0.1, 0.15) is 18.5 Å². The molecule has 0 radical (unpaired) electrons. The summed E-state index contributed by atoms with van der Waals surface area (Å²) in [5, 5.41) is 5.35. The van der Waals surface area contributed by atoms with Crippen LogP contribution in [-0.4, -0.2) is 4.40 Å². The third kappa shape index (κ3) is 2.09. The molecule has 2 unspecified atom stereocenters. The zero-order valence-corrected chi connectivity index (χ0v) is 19.9. The zero-order valence-electron chi connectivity index (χ0n) is 19.9. The average molecular weight is 460 g/mol. The van der Waals surface area contributed by atoms with Gasteiger partial charge in [0.25, 0.3) is 0 Å². The molecule has 0 N–H and O–H groups in total. The van der Waals surface area contributed by atoms with E-state index in [0.29, 0.717) is 6.04 Å². The number of allylic oxidation sites excluding steroid dienone is 2. The van der Waals surface area contributed by atoms with Crippen molar-refractivity contribution in [1.29, 1.82) is 0 Å². The van der Waals surface area contributed by atoms with E-state index in [1.807, 2.05) is 0 Å². The molecule has 7 aromatic rings. The van der Waals surface area contributed by atoms with E-state index >= 15 is 0 Å². The summed E-state index contributed by atoms with van der Waals surface area (Å²) < 4.78 is 5.00. The van der Waals surface area contributed by atoms with Gasteiger partial charge in [0, 0.05) is 33.2 Å². The van der Waals surface area contributed by atoms with Crippen LogP contribution in [0.5, 0.6) is 0 Å². The molecule has 1 aliphatic heterocycles. The maximum Gasteiger partial charge on any atom is 0.213 e. The summed E-state index contributed by atoms with van der Waals surface area (Å²) in [7, 11) is 0. The van der Waals surface area contributed by atoms with Crippen LogP contribution in [0.4, 0.5) is 0 Å². The van der Waals surface area contributed by atoms with Crippen LogP contribution in [-0.2, 0) is 5.41 Å². The molecule has 0 bridgehead atoms. The van der Waals surface area contributed by atoms with Gasteiger partial charge in [-0.25, -0.2) is 0 Å². The van der Waals surface area contributed by atoms with Gasteiger partial charge in [-0.05, 0) is 48.4 Å².